The largest absolute Gasteiger partial charge is 0.271 e. The SMILES string of the molecule is Cc1cnc(C(NN)c2cccc(F)c2)cn1. The van der Waals surface area contributed by atoms with Crippen molar-refractivity contribution in [1.82, 2.24) is 15.4 Å². The second kappa shape index (κ2) is 4.99. The number of halogens is 1. The molecule has 1 heterocycles. The number of aryl methyl sites for hydroxylation is 1. The molecule has 2 rings (SSSR count). The molecule has 1 unspecified atom stereocenters. The predicted octanol–water partition coefficient (Wildman–Crippen LogP) is 1.48. The summed E-state index contributed by atoms with van der Waals surface area (Å²) in [7, 11) is 0. The topological polar surface area (TPSA) is 63.8 Å². The Bertz CT molecular complexity index is 498. The summed E-state index contributed by atoms with van der Waals surface area (Å²) in [6.07, 6.45) is 3.28. The summed E-state index contributed by atoms with van der Waals surface area (Å²) in [4.78, 5) is 8.37. The van der Waals surface area contributed by atoms with E-state index in [2.05, 4.69) is 15.4 Å². The zero-order chi connectivity index (χ0) is 12.3. The van der Waals surface area contributed by atoms with Gasteiger partial charge in [0.2, 0.25) is 0 Å². The Balaban J connectivity index is 2.36. The van der Waals surface area contributed by atoms with E-state index in [1.807, 2.05) is 6.92 Å². The summed E-state index contributed by atoms with van der Waals surface area (Å²) in [5.74, 6) is 5.18. The van der Waals surface area contributed by atoms with Crippen LogP contribution in [0.5, 0.6) is 0 Å². The molecule has 0 saturated carbocycles. The van der Waals surface area contributed by atoms with E-state index in [-0.39, 0.29) is 11.9 Å². The van der Waals surface area contributed by atoms with Gasteiger partial charge in [-0.1, -0.05) is 12.1 Å². The monoisotopic (exact) mass is 232 g/mol. The smallest absolute Gasteiger partial charge is 0.123 e. The standard InChI is InChI=1S/C12H13FN4/c1-8-6-16-11(7-15-8)12(17-14)9-3-2-4-10(13)5-9/h2-7,12,17H,14H2,1H3. The molecule has 0 spiro atoms. The number of aromatic nitrogens is 2. The summed E-state index contributed by atoms with van der Waals surface area (Å²) in [5, 5.41) is 0. The van der Waals surface area contributed by atoms with Crippen LogP contribution in [0.3, 0.4) is 0 Å². The van der Waals surface area contributed by atoms with Crippen molar-refractivity contribution in [3.63, 3.8) is 0 Å². The molecule has 0 saturated heterocycles. The molecule has 88 valence electrons. The van der Waals surface area contributed by atoms with Crippen molar-refractivity contribution in [3.05, 3.63) is 59.4 Å². The van der Waals surface area contributed by atoms with Gasteiger partial charge in [0.1, 0.15) is 5.82 Å². The van der Waals surface area contributed by atoms with E-state index < -0.39 is 0 Å². The fourth-order valence-corrected chi connectivity index (χ4v) is 1.59. The minimum atomic E-state index is -0.362. The van der Waals surface area contributed by atoms with Crippen molar-refractivity contribution in [2.45, 2.75) is 13.0 Å². The van der Waals surface area contributed by atoms with Gasteiger partial charge in [-0.15, -0.1) is 0 Å². The Morgan fingerprint density at radius 3 is 2.71 bits per heavy atom. The van der Waals surface area contributed by atoms with Crippen LogP contribution in [-0.4, -0.2) is 9.97 Å². The van der Waals surface area contributed by atoms with Crippen LogP contribution in [0.15, 0.2) is 36.7 Å². The lowest BCUT2D eigenvalue weighted by Gasteiger charge is -2.15. The molecule has 4 nitrogen and oxygen atoms in total. The van der Waals surface area contributed by atoms with E-state index in [0.29, 0.717) is 11.3 Å². The minimum Gasteiger partial charge on any atom is -0.271 e. The van der Waals surface area contributed by atoms with Gasteiger partial charge in [-0.2, -0.15) is 0 Å². The molecule has 0 aliphatic carbocycles. The number of benzene rings is 1. The van der Waals surface area contributed by atoms with E-state index in [4.69, 9.17) is 5.84 Å². The van der Waals surface area contributed by atoms with Crippen LogP contribution in [0, 0.1) is 12.7 Å². The lowest BCUT2D eigenvalue weighted by molar-refractivity contribution is 0.596. The number of hydrazine groups is 1. The third-order valence-corrected chi connectivity index (χ3v) is 2.45. The van der Waals surface area contributed by atoms with Crippen molar-refractivity contribution in [2.75, 3.05) is 0 Å². The van der Waals surface area contributed by atoms with E-state index in [9.17, 15) is 4.39 Å². The predicted molar refractivity (Wildman–Crippen MR) is 62.3 cm³/mol. The maximum absolute atomic E-state index is 13.1. The normalized spacial score (nSPS) is 12.4. The van der Waals surface area contributed by atoms with Crippen LogP contribution in [-0.2, 0) is 0 Å². The maximum Gasteiger partial charge on any atom is 0.123 e. The van der Waals surface area contributed by atoms with Crippen LogP contribution < -0.4 is 11.3 Å². The Hall–Kier alpha value is -1.85. The number of nitrogens with zero attached hydrogens (tertiary/aromatic N) is 2. The molecule has 0 aliphatic rings. The molecule has 0 aliphatic heterocycles. The molecular weight excluding hydrogens is 219 g/mol. The lowest BCUT2D eigenvalue weighted by Crippen LogP contribution is -2.29. The van der Waals surface area contributed by atoms with Crippen molar-refractivity contribution >= 4 is 0 Å². The van der Waals surface area contributed by atoms with Crippen LogP contribution >= 0.6 is 0 Å². The fourth-order valence-electron chi connectivity index (χ4n) is 1.59. The zero-order valence-corrected chi connectivity index (χ0v) is 9.39. The third-order valence-electron chi connectivity index (χ3n) is 2.45. The maximum atomic E-state index is 13.1. The van der Waals surface area contributed by atoms with E-state index in [1.165, 1.54) is 12.1 Å². The van der Waals surface area contributed by atoms with Gasteiger partial charge in [-0.3, -0.25) is 15.8 Å². The number of nitrogens with one attached hydrogen (secondary N) is 1. The average molecular weight is 232 g/mol. The Labute approximate surface area is 98.7 Å². The molecule has 0 amide bonds. The van der Waals surface area contributed by atoms with Gasteiger partial charge in [0.25, 0.3) is 0 Å². The Morgan fingerprint density at radius 2 is 2.12 bits per heavy atom. The first-order valence-corrected chi connectivity index (χ1v) is 5.21. The third kappa shape index (κ3) is 2.64. The highest BCUT2D eigenvalue weighted by atomic mass is 19.1. The second-order valence-electron chi connectivity index (χ2n) is 3.74. The van der Waals surface area contributed by atoms with Gasteiger partial charge in [0.15, 0.2) is 0 Å². The van der Waals surface area contributed by atoms with Crippen molar-refractivity contribution in [2.24, 2.45) is 5.84 Å². The average Bonchev–Trinajstić information content (AvgIpc) is 2.33. The first-order valence-electron chi connectivity index (χ1n) is 5.21. The van der Waals surface area contributed by atoms with Crippen molar-refractivity contribution < 1.29 is 4.39 Å². The highest BCUT2D eigenvalue weighted by Crippen LogP contribution is 2.19. The number of hydrogen-bond donors (Lipinski definition) is 2. The molecular formula is C12H13FN4. The molecule has 1 aromatic heterocycles. The Kier molecular flexibility index (Phi) is 3.41. The molecule has 17 heavy (non-hydrogen) atoms. The quantitative estimate of drug-likeness (QED) is 0.621. The molecule has 1 atom stereocenters. The summed E-state index contributed by atoms with van der Waals surface area (Å²) < 4.78 is 13.1. The number of rotatable bonds is 3. The molecule has 1 aromatic carbocycles. The van der Waals surface area contributed by atoms with Crippen LogP contribution in [0.4, 0.5) is 4.39 Å². The van der Waals surface area contributed by atoms with Crippen molar-refractivity contribution in [3.8, 4) is 0 Å². The molecule has 2 aromatic rings. The molecule has 0 fully saturated rings. The number of hydrogen-bond acceptors (Lipinski definition) is 4. The summed E-state index contributed by atoms with van der Waals surface area (Å²) in [6.45, 7) is 1.85. The van der Waals surface area contributed by atoms with E-state index in [1.54, 1.807) is 24.5 Å². The van der Waals surface area contributed by atoms with Crippen LogP contribution in [0.2, 0.25) is 0 Å². The van der Waals surface area contributed by atoms with Crippen LogP contribution in [0.1, 0.15) is 23.0 Å². The van der Waals surface area contributed by atoms with E-state index in [0.717, 1.165) is 5.69 Å². The molecule has 3 N–H and O–H groups in total. The molecule has 0 radical (unpaired) electrons. The van der Waals surface area contributed by atoms with Crippen LogP contribution in [0.25, 0.3) is 0 Å². The van der Waals surface area contributed by atoms with Gasteiger partial charge in [-0.25, -0.2) is 9.82 Å². The van der Waals surface area contributed by atoms with Crippen molar-refractivity contribution in [1.29, 1.82) is 0 Å². The second-order valence-corrected chi connectivity index (χ2v) is 3.74. The van der Waals surface area contributed by atoms with Gasteiger partial charge < -0.3 is 0 Å². The lowest BCUT2D eigenvalue weighted by atomic mass is 10.0. The fraction of sp³-hybridized carbons (Fsp3) is 0.167. The molecule has 0 bridgehead atoms. The summed E-state index contributed by atoms with van der Waals surface area (Å²) in [6, 6.07) is 5.87. The summed E-state index contributed by atoms with van der Waals surface area (Å²) in [5.41, 5.74) is 4.80. The summed E-state index contributed by atoms with van der Waals surface area (Å²) >= 11 is 0. The minimum absolute atomic E-state index is 0.303. The highest BCUT2D eigenvalue weighted by Gasteiger charge is 2.14. The Morgan fingerprint density at radius 1 is 1.29 bits per heavy atom. The zero-order valence-electron chi connectivity index (χ0n) is 9.39. The first kappa shape index (κ1) is 11.6. The highest BCUT2D eigenvalue weighted by molar-refractivity contribution is 5.27. The van der Waals surface area contributed by atoms with Gasteiger partial charge in [-0.05, 0) is 24.6 Å². The van der Waals surface area contributed by atoms with Gasteiger partial charge in [0.05, 0.1) is 23.6 Å². The molecule has 5 heteroatoms. The first-order chi connectivity index (χ1) is 8.20. The van der Waals surface area contributed by atoms with Gasteiger partial charge >= 0.3 is 0 Å². The van der Waals surface area contributed by atoms with E-state index >= 15 is 0 Å². The van der Waals surface area contributed by atoms with Gasteiger partial charge in [0, 0.05) is 6.20 Å². The number of nitrogens with two attached hydrogens (primary N) is 1.